The predicted octanol–water partition coefficient (Wildman–Crippen LogP) is 0.268. The highest BCUT2D eigenvalue weighted by atomic mass is 16.2. The van der Waals surface area contributed by atoms with Crippen LogP contribution in [0, 0.1) is 0 Å². The third-order valence-corrected chi connectivity index (χ3v) is 3.42. The highest BCUT2D eigenvalue weighted by Crippen LogP contribution is 2.12. The van der Waals surface area contributed by atoms with Gasteiger partial charge in [-0.1, -0.05) is 6.92 Å². The van der Waals surface area contributed by atoms with Crippen LogP contribution in [-0.4, -0.2) is 45.1 Å². The van der Waals surface area contributed by atoms with Crippen molar-refractivity contribution in [3.05, 3.63) is 5.82 Å². The number of piperidine rings is 1. The van der Waals surface area contributed by atoms with Crippen molar-refractivity contribution in [2.75, 3.05) is 18.8 Å². The Morgan fingerprint density at radius 3 is 2.84 bits per heavy atom. The van der Waals surface area contributed by atoms with Crippen molar-refractivity contribution in [2.45, 2.75) is 45.2 Å². The minimum absolute atomic E-state index is 0.275. The smallest absolute Gasteiger partial charge is 0.239 e. The van der Waals surface area contributed by atoms with Gasteiger partial charge in [0.25, 0.3) is 0 Å². The van der Waals surface area contributed by atoms with Crippen LogP contribution in [0.1, 0.15) is 38.4 Å². The molecular weight excluding hydrogens is 244 g/mol. The van der Waals surface area contributed by atoms with Crippen LogP contribution >= 0.6 is 0 Å². The molecule has 0 saturated carbocycles. The normalized spacial score (nSPS) is 16.8. The molecule has 1 saturated heterocycles. The van der Waals surface area contributed by atoms with Gasteiger partial charge in [0, 0.05) is 25.6 Å². The highest BCUT2D eigenvalue weighted by molar-refractivity contribution is 5.76. The van der Waals surface area contributed by atoms with Crippen molar-refractivity contribution < 1.29 is 4.79 Å². The molecule has 0 aromatic carbocycles. The molecule has 7 heteroatoms. The van der Waals surface area contributed by atoms with Crippen LogP contribution in [0.4, 0.5) is 5.95 Å². The number of likely N-dealkylation sites (tertiary alicyclic amines) is 1. The molecule has 0 atom stereocenters. The van der Waals surface area contributed by atoms with Crippen molar-refractivity contribution in [1.29, 1.82) is 0 Å². The molecule has 106 valence electrons. The molecule has 1 aliphatic heterocycles. The minimum Gasteiger partial charge on any atom is -0.367 e. The number of rotatable bonds is 5. The van der Waals surface area contributed by atoms with Crippen molar-refractivity contribution >= 4 is 11.9 Å². The molecule has 7 nitrogen and oxygen atoms in total. The van der Waals surface area contributed by atoms with Gasteiger partial charge in [-0.05, 0) is 19.3 Å². The Balaban J connectivity index is 1.70. The zero-order chi connectivity index (χ0) is 13.7. The summed E-state index contributed by atoms with van der Waals surface area (Å²) in [7, 11) is 0. The van der Waals surface area contributed by atoms with Gasteiger partial charge in [-0.2, -0.15) is 4.98 Å². The van der Waals surface area contributed by atoms with Gasteiger partial charge in [-0.15, -0.1) is 5.10 Å². The molecule has 1 aliphatic rings. The third kappa shape index (κ3) is 3.92. The molecule has 2 heterocycles. The van der Waals surface area contributed by atoms with Gasteiger partial charge in [-0.25, -0.2) is 0 Å². The fourth-order valence-electron chi connectivity index (χ4n) is 2.34. The summed E-state index contributed by atoms with van der Waals surface area (Å²) in [4.78, 5) is 17.8. The lowest BCUT2D eigenvalue weighted by atomic mass is 10.0. The number of nitrogen functional groups attached to an aromatic ring is 1. The standard InChI is InChI=1S/C12H22N6O/c1-2-3-11(19)18-6-4-9(5-7-18)14-8-10-15-12(13)17-16-10/h9,14H,2-8H2,1H3,(H3,13,15,16,17). The predicted molar refractivity (Wildman–Crippen MR) is 72.1 cm³/mol. The van der Waals surface area contributed by atoms with Crippen molar-refractivity contribution in [3.8, 4) is 0 Å². The molecule has 0 unspecified atom stereocenters. The highest BCUT2D eigenvalue weighted by Gasteiger charge is 2.21. The Morgan fingerprint density at radius 2 is 2.26 bits per heavy atom. The van der Waals surface area contributed by atoms with Crippen LogP contribution in [-0.2, 0) is 11.3 Å². The zero-order valence-electron chi connectivity index (χ0n) is 11.4. The lowest BCUT2D eigenvalue weighted by Gasteiger charge is -2.32. The first-order valence-electron chi connectivity index (χ1n) is 6.87. The molecule has 4 N–H and O–H groups in total. The van der Waals surface area contributed by atoms with E-state index in [0.29, 0.717) is 19.0 Å². The van der Waals surface area contributed by atoms with Crippen molar-refractivity contribution in [2.24, 2.45) is 0 Å². The Labute approximate surface area is 113 Å². The van der Waals surface area contributed by atoms with Crippen LogP contribution in [0.15, 0.2) is 0 Å². The van der Waals surface area contributed by atoms with E-state index in [-0.39, 0.29) is 11.9 Å². The van der Waals surface area contributed by atoms with E-state index < -0.39 is 0 Å². The van der Waals surface area contributed by atoms with E-state index in [1.165, 1.54) is 0 Å². The second-order valence-corrected chi connectivity index (χ2v) is 4.93. The number of hydrogen-bond donors (Lipinski definition) is 3. The maximum atomic E-state index is 11.8. The summed E-state index contributed by atoms with van der Waals surface area (Å²) in [6, 6.07) is 0.428. The topological polar surface area (TPSA) is 99.9 Å². The summed E-state index contributed by atoms with van der Waals surface area (Å²) in [5.41, 5.74) is 5.44. The maximum Gasteiger partial charge on any atom is 0.239 e. The number of nitrogens with two attached hydrogens (primary N) is 1. The minimum atomic E-state index is 0.275. The summed E-state index contributed by atoms with van der Waals surface area (Å²) in [6.45, 7) is 4.36. The number of carbonyl (C=O) groups excluding carboxylic acids is 1. The number of hydrogen-bond acceptors (Lipinski definition) is 5. The number of nitrogens with zero attached hydrogens (tertiary/aromatic N) is 3. The molecule has 0 aliphatic carbocycles. The van der Waals surface area contributed by atoms with Gasteiger partial charge in [0.15, 0.2) is 0 Å². The Hall–Kier alpha value is -1.63. The Morgan fingerprint density at radius 1 is 1.53 bits per heavy atom. The lowest BCUT2D eigenvalue weighted by Crippen LogP contribution is -2.44. The zero-order valence-corrected chi connectivity index (χ0v) is 11.4. The second kappa shape index (κ2) is 6.51. The molecule has 0 radical (unpaired) electrons. The van der Waals surface area contributed by atoms with Crippen LogP contribution in [0.5, 0.6) is 0 Å². The van der Waals surface area contributed by atoms with E-state index in [4.69, 9.17) is 5.73 Å². The first-order valence-corrected chi connectivity index (χ1v) is 6.87. The second-order valence-electron chi connectivity index (χ2n) is 4.93. The van der Waals surface area contributed by atoms with Gasteiger partial charge < -0.3 is 16.0 Å². The maximum absolute atomic E-state index is 11.8. The van der Waals surface area contributed by atoms with Crippen LogP contribution < -0.4 is 11.1 Å². The SMILES string of the molecule is CCCC(=O)N1CCC(NCc2nc(N)n[nH]2)CC1. The van der Waals surface area contributed by atoms with E-state index in [1.807, 2.05) is 11.8 Å². The fraction of sp³-hybridized carbons (Fsp3) is 0.750. The molecule has 1 aromatic heterocycles. The molecule has 2 rings (SSSR count). The summed E-state index contributed by atoms with van der Waals surface area (Å²) >= 11 is 0. The van der Waals surface area contributed by atoms with E-state index in [1.54, 1.807) is 0 Å². The first kappa shape index (κ1) is 13.8. The molecular formula is C12H22N6O. The summed E-state index contributed by atoms with van der Waals surface area (Å²) in [5, 5.41) is 9.98. The van der Waals surface area contributed by atoms with Crippen LogP contribution in [0.25, 0.3) is 0 Å². The van der Waals surface area contributed by atoms with Crippen molar-refractivity contribution in [1.82, 2.24) is 25.4 Å². The molecule has 0 bridgehead atoms. The van der Waals surface area contributed by atoms with E-state index >= 15 is 0 Å². The first-order chi connectivity index (χ1) is 9.19. The molecule has 1 fully saturated rings. The van der Waals surface area contributed by atoms with Gasteiger partial charge >= 0.3 is 0 Å². The van der Waals surface area contributed by atoms with E-state index in [9.17, 15) is 4.79 Å². The van der Waals surface area contributed by atoms with Crippen molar-refractivity contribution in [3.63, 3.8) is 0 Å². The average Bonchev–Trinajstić information content (AvgIpc) is 2.83. The number of aromatic nitrogens is 3. The van der Waals surface area contributed by atoms with E-state index in [2.05, 4.69) is 20.5 Å². The summed E-state index contributed by atoms with van der Waals surface area (Å²) < 4.78 is 0. The van der Waals surface area contributed by atoms with Gasteiger partial charge in [0.1, 0.15) is 5.82 Å². The largest absolute Gasteiger partial charge is 0.367 e. The Kier molecular flexibility index (Phi) is 4.73. The third-order valence-electron chi connectivity index (χ3n) is 3.42. The summed E-state index contributed by atoms with van der Waals surface area (Å²) in [5.74, 6) is 1.31. The number of carbonyl (C=O) groups is 1. The molecule has 1 amide bonds. The quantitative estimate of drug-likeness (QED) is 0.710. The number of aromatic amines is 1. The number of amides is 1. The number of anilines is 1. The van der Waals surface area contributed by atoms with Gasteiger partial charge in [0.2, 0.25) is 11.9 Å². The molecule has 1 aromatic rings. The van der Waals surface area contributed by atoms with Crippen LogP contribution in [0.3, 0.4) is 0 Å². The monoisotopic (exact) mass is 266 g/mol. The average molecular weight is 266 g/mol. The van der Waals surface area contributed by atoms with E-state index in [0.717, 1.165) is 38.2 Å². The molecule has 19 heavy (non-hydrogen) atoms. The van der Waals surface area contributed by atoms with Crippen LogP contribution in [0.2, 0.25) is 0 Å². The number of H-pyrrole nitrogens is 1. The summed E-state index contributed by atoms with van der Waals surface area (Å²) in [6.07, 6.45) is 3.55. The lowest BCUT2D eigenvalue weighted by molar-refractivity contribution is -0.132. The Bertz CT molecular complexity index is 410. The van der Waals surface area contributed by atoms with Gasteiger partial charge in [0.05, 0.1) is 6.54 Å². The fourth-order valence-corrected chi connectivity index (χ4v) is 2.34. The molecule has 0 spiro atoms. The van der Waals surface area contributed by atoms with Gasteiger partial charge in [-0.3, -0.25) is 9.89 Å². The number of nitrogens with one attached hydrogen (secondary N) is 2.